The minimum Gasteiger partial charge on any atom is -0.468 e. The van der Waals surface area contributed by atoms with Crippen molar-refractivity contribution < 1.29 is 14.3 Å². The summed E-state index contributed by atoms with van der Waals surface area (Å²) in [6.07, 6.45) is 0. The van der Waals surface area contributed by atoms with Crippen LogP contribution in [0.1, 0.15) is 31.9 Å². The molecule has 0 radical (unpaired) electrons. The average Bonchev–Trinajstić information content (AvgIpc) is 2.75. The number of amides is 1. The number of esters is 1. The third kappa shape index (κ3) is 3.69. The molecule has 0 fully saturated rings. The van der Waals surface area contributed by atoms with Gasteiger partial charge in [0.2, 0.25) is 0 Å². The Kier molecular flexibility index (Phi) is 4.75. The van der Waals surface area contributed by atoms with Crippen molar-refractivity contribution in [3.63, 3.8) is 0 Å². The van der Waals surface area contributed by atoms with Crippen molar-refractivity contribution in [2.75, 3.05) is 7.11 Å². The minimum atomic E-state index is -0.565. The standard InChI is InChI=1S/C17H22N2O3S/c1-10-7-11(2)14-12(8-10)23-16(18-15(21)17(3,4)5)19(14)9-13(20)22-6/h7-8H,9H2,1-6H3. The zero-order valence-corrected chi connectivity index (χ0v) is 15.2. The summed E-state index contributed by atoms with van der Waals surface area (Å²) in [4.78, 5) is 28.8. The molecule has 0 aliphatic carbocycles. The molecule has 124 valence electrons. The van der Waals surface area contributed by atoms with Crippen LogP contribution in [0, 0.1) is 19.3 Å². The summed E-state index contributed by atoms with van der Waals surface area (Å²) in [5.41, 5.74) is 2.54. The molecular formula is C17H22N2O3S. The molecule has 23 heavy (non-hydrogen) atoms. The van der Waals surface area contributed by atoms with E-state index in [0.717, 1.165) is 21.3 Å². The lowest BCUT2D eigenvalue weighted by molar-refractivity contribution is -0.141. The Bertz CT molecular complexity index is 838. The van der Waals surface area contributed by atoms with Gasteiger partial charge in [0.25, 0.3) is 5.91 Å². The maximum absolute atomic E-state index is 12.3. The molecule has 0 bridgehead atoms. The first-order valence-electron chi connectivity index (χ1n) is 7.40. The van der Waals surface area contributed by atoms with Gasteiger partial charge in [0, 0.05) is 5.41 Å². The normalized spacial score (nSPS) is 12.7. The Morgan fingerprint density at radius 2 is 1.91 bits per heavy atom. The van der Waals surface area contributed by atoms with E-state index in [9.17, 15) is 9.59 Å². The summed E-state index contributed by atoms with van der Waals surface area (Å²) in [6.45, 7) is 9.53. The highest BCUT2D eigenvalue weighted by molar-refractivity contribution is 7.16. The first-order chi connectivity index (χ1) is 10.6. The third-order valence-electron chi connectivity index (χ3n) is 3.47. The van der Waals surface area contributed by atoms with Gasteiger partial charge in [-0.1, -0.05) is 38.2 Å². The van der Waals surface area contributed by atoms with Crippen LogP contribution in [0.25, 0.3) is 10.2 Å². The number of fused-ring (bicyclic) bond motifs is 1. The van der Waals surface area contributed by atoms with Crippen LogP contribution in [0.2, 0.25) is 0 Å². The predicted molar refractivity (Wildman–Crippen MR) is 91.3 cm³/mol. The largest absolute Gasteiger partial charge is 0.468 e. The van der Waals surface area contributed by atoms with Crippen LogP contribution in [-0.2, 0) is 20.9 Å². The number of methoxy groups -OCH3 is 1. The lowest BCUT2D eigenvalue weighted by Crippen LogP contribution is -2.26. The van der Waals surface area contributed by atoms with E-state index in [4.69, 9.17) is 4.74 Å². The molecule has 0 saturated carbocycles. The van der Waals surface area contributed by atoms with Crippen molar-refractivity contribution in [1.82, 2.24) is 4.57 Å². The molecule has 1 heterocycles. The number of ether oxygens (including phenoxy) is 1. The van der Waals surface area contributed by atoms with Gasteiger partial charge in [0.05, 0.1) is 17.3 Å². The summed E-state index contributed by atoms with van der Waals surface area (Å²) in [6, 6.07) is 4.10. The fourth-order valence-electron chi connectivity index (χ4n) is 2.27. The number of thiazole rings is 1. The highest BCUT2D eigenvalue weighted by Gasteiger charge is 2.22. The molecule has 1 aromatic heterocycles. The van der Waals surface area contributed by atoms with Gasteiger partial charge in [-0.05, 0) is 31.0 Å². The highest BCUT2D eigenvalue weighted by Crippen LogP contribution is 2.24. The molecule has 1 aromatic carbocycles. The maximum atomic E-state index is 12.3. The number of nitrogens with zero attached hydrogens (tertiary/aromatic N) is 2. The number of hydrogen-bond donors (Lipinski definition) is 0. The molecule has 0 spiro atoms. The summed E-state index contributed by atoms with van der Waals surface area (Å²) in [5, 5.41) is 0. The number of aryl methyl sites for hydroxylation is 2. The van der Waals surface area contributed by atoms with Crippen molar-refractivity contribution in [2.45, 2.75) is 41.2 Å². The van der Waals surface area contributed by atoms with Crippen molar-refractivity contribution >= 4 is 33.4 Å². The molecular weight excluding hydrogens is 312 g/mol. The molecule has 0 aliphatic rings. The van der Waals surface area contributed by atoms with Gasteiger partial charge in [-0.25, -0.2) is 0 Å². The summed E-state index contributed by atoms with van der Waals surface area (Å²) >= 11 is 1.42. The molecule has 0 aliphatic heterocycles. The first-order valence-corrected chi connectivity index (χ1v) is 8.21. The van der Waals surface area contributed by atoms with Gasteiger partial charge in [0.15, 0.2) is 4.80 Å². The van der Waals surface area contributed by atoms with Gasteiger partial charge in [0.1, 0.15) is 6.54 Å². The summed E-state index contributed by atoms with van der Waals surface area (Å²) in [7, 11) is 1.35. The van der Waals surface area contributed by atoms with E-state index in [1.54, 1.807) is 4.57 Å². The average molecular weight is 334 g/mol. The smallest absolute Gasteiger partial charge is 0.325 e. The van der Waals surface area contributed by atoms with E-state index < -0.39 is 5.41 Å². The van der Waals surface area contributed by atoms with Gasteiger partial charge in [-0.15, -0.1) is 0 Å². The minimum absolute atomic E-state index is 0.0384. The van der Waals surface area contributed by atoms with Crippen LogP contribution in [0.15, 0.2) is 17.1 Å². The third-order valence-corrected chi connectivity index (χ3v) is 4.49. The van der Waals surface area contributed by atoms with Crippen molar-refractivity contribution in [3.05, 3.63) is 28.1 Å². The van der Waals surface area contributed by atoms with Crippen LogP contribution < -0.4 is 4.80 Å². The fourth-order valence-corrected chi connectivity index (χ4v) is 3.48. The molecule has 6 heteroatoms. The Labute approximate surface area is 139 Å². The predicted octanol–water partition coefficient (Wildman–Crippen LogP) is 2.97. The van der Waals surface area contributed by atoms with Crippen molar-refractivity contribution in [3.8, 4) is 0 Å². The number of benzene rings is 1. The number of rotatable bonds is 2. The van der Waals surface area contributed by atoms with E-state index in [2.05, 4.69) is 11.1 Å². The molecule has 2 rings (SSSR count). The lowest BCUT2D eigenvalue weighted by atomic mass is 9.96. The van der Waals surface area contributed by atoms with Gasteiger partial charge >= 0.3 is 5.97 Å². The van der Waals surface area contributed by atoms with Crippen molar-refractivity contribution in [2.24, 2.45) is 10.4 Å². The van der Waals surface area contributed by atoms with E-state index in [-0.39, 0.29) is 18.4 Å². The van der Waals surface area contributed by atoms with Crippen molar-refractivity contribution in [1.29, 1.82) is 0 Å². The SMILES string of the molecule is COC(=O)Cn1c(=NC(=O)C(C)(C)C)sc2cc(C)cc(C)c21. The number of carbonyl (C=O) groups excluding carboxylic acids is 2. The molecule has 1 amide bonds. The van der Waals surface area contributed by atoms with Crippen LogP contribution in [-0.4, -0.2) is 23.6 Å². The van der Waals surface area contributed by atoms with E-state index in [0.29, 0.717) is 4.80 Å². The van der Waals surface area contributed by atoms with Crippen LogP contribution in [0.5, 0.6) is 0 Å². The molecule has 5 nitrogen and oxygen atoms in total. The molecule has 0 N–H and O–H groups in total. The van der Waals surface area contributed by atoms with Gasteiger partial charge < -0.3 is 9.30 Å². The van der Waals surface area contributed by atoms with Crippen LogP contribution >= 0.6 is 11.3 Å². The monoisotopic (exact) mass is 334 g/mol. The van der Waals surface area contributed by atoms with Gasteiger partial charge in [-0.2, -0.15) is 4.99 Å². The number of carbonyl (C=O) groups is 2. The van der Waals surface area contributed by atoms with Crippen LogP contribution in [0.4, 0.5) is 0 Å². The molecule has 0 unspecified atom stereocenters. The molecule has 0 atom stereocenters. The quantitative estimate of drug-likeness (QED) is 0.793. The first kappa shape index (κ1) is 17.4. The zero-order chi connectivity index (χ0) is 17.4. The Morgan fingerprint density at radius 3 is 2.48 bits per heavy atom. The van der Waals surface area contributed by atoms with E-state index in [1.165, 1.54) is 18.4 Å². The Hall–Kier alpha value is -1.95. The molecule has 2 aromatic rings. The van der Waals surface area contributed by atoms with Gasteiger partial charge in [-0.3, -0.25) is 9.59 Å². The highest BCUT2D eigenvalue weighted by atomic mass is 32.1. The van der Waals surface area contributed by atoms with E-state index in [1.807, 2.05) is 40.7 Å². The maximum Gasteiger partial charge on any atom is 0.325 e. The fraction of sp³-hybridized carbons (Fsp3) is 0.471. The number of hydrogen-bond acceptors (Lipinski definition) is 4. The lowest BCUT2D eigenvalue weighted by Gasteiger charge is -2.12. The second kappa shape index (κ2) is 6.28. The topological polar surface area (TPSA) is 60.7 Å². The Morgan fingerprint density at radius 1 is 1.26 bits per heavy atom. The zero-order valence-electron chi connectivity index (χ0n) is 14.4. The Balaban J connectivity index is 2.75. The van der Waals surface area contributed by atoms with Crippen LogP contribution in [0.3, 0.4) is 0 Å². The second-order valence-corrected chi connectivity index (χ2v) is 7.65. The summed E-state index contributed by atoms with van der Waals surface area (Å²) in [5.74, 6) is -0.577. The second-order valence-electron chi connectivity index (χ2n) is 6.64. The number of aromatic nitrogens is 1. The van der Waals surface area contributed by atoms with E-state index >= 15 is 0 Å². The molecule has 0 saturated heterocycles. The summed E-state index contributed by atoms with van der Waals surface area (Å²) < 4.78 is 7.56.